The fourth-order valence-electron chi connectivity index (χ4n) is 3.40. The van der Waals surface area contributed by atoms with Crippen molar-refractivity contribution in [1.82, 2.24) is 10.2 Å². The molecule has 5 heteroatoms. The number of rotatable bonds is 3. The highest BCUT2D eigenvalue weighted by Gasteiger charge is 2.34. The number of aryl methyl sites for hydroxylation is 1. The molecule has 0 aliphatic carbocycles. The number of nitrogens with one attached hydrogen (secondary N) is 1. The number of nitrogens with zero attached hydrogens (tertiary/aromatic N) is 2. The molecule has 2 heterocycles. The van der Waals surface area contributed by atoms with Crippen LogP contribution in [0.15, 0.2) is 48.7 Å². The minimum absolute atomic E-state index is 0.00959. The second-order valence-electron chi connectivity index (χ2n) is 6.42. The number of fused-ring (bicyclic) bond motifs is 1. The second-order valence-corrected chi connectivity index (χ2v) is 6.42. The molecule has 1 amide bonds. The van der Waals surface area contributed by atoms with Gasteiger partial charge in [-0.1, -0.05) is 30.3 Å². The van der Waals surface area contributed by atoms with Gasteiger partial charge in [0, 0.05) is 22.5 Å². The van der Waals surface area contributed by atoms with Gasteiger partial charge in [0.1, 0.15) is 5.82 Å². The summed E-state index contributed by atoms with van der Waals surface area (Å²) in [4.78, 5) is 14.2. The Morgan fingerprint density at radius 1 is 1.24 bits per heavy atom. The summed E-state index contributed by atoms with van der Waals surface area (Å²) in [5, 5.41) is 6.83. The average molecular weight is 335 g/mol. The molecule has 4 rings (SSSR count). The van der Waals surface area contributed by atoms with Crippen LogP contribution < -0.4 is 4.90 Å². The van der Waals surface area contributed by atoms with Gasteiger partial charge in [-0.05, 0) is 37.1 Å². The summed E-state index contributed by atoms with van der Waals surface area (Å²) in [7, 11) is 0. The minimum Gasteiger partial charge on any atom is -0.307 e. The third kappa shape index (κ3) is 2.52. The summed E-state index contributed by atoms with van der Waals surface area (Å²) in [6, 6.07) is 12.8. The Balaban J connectivity index is 1.66. The number of amides is 1. The van der Waals surface area contributed by atoms with Crippen molar-refractivity contribution in [3.05, 3.63) is 71.3 Å². The predicted octanol–water partition coefficient (Wildman–Crippen LogP) is 4.17. The quantitative estimate of drug-likeness (QED) is 0.781. The van der Waals surface area contributed by atoms with Crippen molar-refractivity contribution in [2.45, 2.75) is 26.3 Å². The first-order valence-electron chi connectivity index (χ1n) is 8.25. The molecule has 0 saturated heterocycles. The van der Waals surface area contributed by atoms with Crippen LogP contribution in [-0.4, -0.2) is 16.1 Å². The van der Waals surface area contributed by atoms with Crippen LogP contribution in [0.2, 0.25) is 0 Å². The second kappa shape index (κ2) is 5.84. The highest BCUT2D eigenvalue weighted by atomic mass is 19.1. The van der Waals surface area contributed by atoms with Gasteiger partial charge in [0.2, 0.25) is 5.91 Å². The van der Waals surface area contributed by atoms with Crippen molar-refractivity contribution in [2.75, 3.05) is 4.90 Å². The van der Waals surface area contributed by atoms with Crippen molar-refractivity contribution in [3.63, 3.8) is 0 Å². The molecule has 0 radical (unpaired) electrons. The minimum atomic E-state index is -0.317. The lowest BCUT2D eigenvalue weighted by Gasteiger charge is -2.18. The third-order valence-electron chi connectivity index (χ3n) is 4.85. The molecule has 25 heavy (non-hydrogen) atoms. The van der Waals surface area contributed by atoms with Gasteiger partial charge < -0.3 is 4.90 Å². The zero-order chi connectivity index (χ0) is 17.6. The van der Waals surface area contributed by atoms with Crippen molar-refractivity contribution >= 4 is 11.6 Å². The van der Waals surface area contributed by atoms with Crippen LogP contribution in [0.25, 0.3) is 11.1 Å². The highest BCUT2D eigenvalue weighted by Crippen LogP contribution is 2.38. The van der Waals surface area contributed by atoms with E-state index in [-0.39, 0.29) is 24.2 Å². The van der Waals surface area contributed by atoms with Gasteiger partial charge in [0.15, 0.2) is 0 Å². The van der Waals surface area contributed by atoms with Gasteiger partial charge in [-0.3, -0.25) is 9.89 Å². The lowest BCUT2D eigenvalue weighted by molar-refractivity contribution is -0.119. The van der Waals surface area contributed by atoms with Gasteiger partial charge in [0.25, 0.3) is 0 Å². The summed E-state index contributed by atoms with van der Waals surface area (Å²) in [6.07, 6.45) is 1.69. The zero-order valence-electron chi connectivity index (χ0n) is 14.1. The van der Waals surface area contributed by atoms with E-state index in [2.05, 4.69) is 10.2 Å². The van der Waals surface area contributed by atoms with Crippen LogP contribution in [0.1, 0.15) is 29.7 Å². The molecule has 0 saturated carbocycles. The van der Waals surface area contributed by atoms with E-state index in [0.29, 0.717) is 5.56 Å². The molecule has 3 aromatic rings. The zero-order valence-corrected chi connectivity index (χ0v) is 14.1. The molecule has 0 bridgehead atoms. The normalized spacial score (nSPS) is 16.4. The van der Waals surface area contributed by atoms with Crippen molar-refractivity contribution in [1.29, 1.82) is 0 Å². The van der Waals surface area contributed by atoms with E-state index in [0.717, 1.165) is 28.1 Å². The monoisotopic (exact) mass is 335 g/mol. The van der Waals surface area contributed by atoms with Gasteiger partial charge in [-0.2, -0.15) is 5.10 Å². The van der Waals surface area contributed by atoms with Gasteiger partial charge in [-0.25, -0.2) is 4.39 Å². The van der Waals surface area contributed by atoms with Crippen LogP contribution in [0.5, 0.6) is 0 Å². The molecule has 0 spiro atoms. The van der Waals surface area contributed by atoms with Crippen molar-refractivity contribution in [3.8, 4) is 11.1 Å². The van der Waals surface area contributed by atoms with Crippen LogP contribution >= 0.6 is 0 Å². The highest BCUT2D eigenvalue weighted by molar-refractivity contribution is 6.04. The Morgan fingerprint density at radius 2 is 2.04 bits per heavy atom. The predicted molar refractivity (Wildman–Crippen MR) is 94.8 cm³/mol. The first kappa shape index (κ1) is 15.6. The maximum atomic E-state index is 14.7. The smallest absolute Gasteiger partial charge is 0.234 e. The van der Waals surface area contributed by atoms with Gasteiger partial charge >= 0.3 is 0 Å². The first-order chi connectivity index (χ1) is 12.1. The Morgan fingerprint density at radius 3 is 2.76 bits per heavy atom. The lowest BCUT2D eigenvalue weighted by Crippen LogP contribution is -2.27. The van der Waals surface area contributed by atoms with Gasteiger partial charge in [-0.15, -0.1) is 0 Å². The number of halogens is 1. The van der Waals surface area contributed by atoms with E-state index in [4.69, 9.17) is 0 Å². The fraction of sp³-hybridized carbons (Fsp3) is 0.200. The Bertz CT molecular complexity index is 963. The number of anilines is 1. The van der Waals surface area contributed by atoms with E-state index < -0.39 is 0 Å². The number of benzene rings is 2. The van der Waals surface area contributed by atoms with E-state index in [1.54, 1.807) is 17.2 Å². The number of hydrogen-bond acceptors (Lipinski definition) is 2. The molecule has 1 aliphatic rings. The van der Waals surface area contributed by atoms with E-state index >= 15 is 0 Å². The first-order valence-corrected chi connectivity index (χ1v) is 8.25. The lowest BCUT2D eigenvalue weighted by atomic mass is 10.0. The molecule has 126 valence electrons. The number of para-hydroxylation sites is 1. The largest absolute Gasteiger partial charge is 0.307 e. The Hall–Kier alpha value is -2.95. The Labute approximate surface area is 145 Å². The molecular formula is C20H18FN3O. The molecule has 1 aliphatic heterocycles. The van der Waals surface area contributed by atoms with E-state index in [1.165, 1.54) is 6.07 Å². The summed E-state index contributed by atoms with van der Waals surface area (Å²) >= 11 is 0. The van der Waals surface area contributed by atoms with E-state index in [9.17, 15) is 9.18 Å². The molecule has 1 atom stereocenters. The Kier molecular flexibility index (Phi) is 3.64. The number of aromatic amines is 1. The SMILES string of the molecule is Cc1[nH]ncc1-c1ccc(CN2C(=O)C(C)c3ccccc32)c(F)c1. The van der Waals surface area contributed by atoms with Crippen LogP contribution in [0.4, 0.5) is 10.1 Å². The van der Waals surface area contributed by atoms with Crippen molar-refractivity contribution in [2.24, 2.45) is 0 Å². The van der Waals surface area contributed by atoms with Crippen LogP contribution in [-0.2, 0) is 11.3 Å². The van der Waals surface area contributed by atoms with E-state index in [1.807, 2.05) is 44.2 Å². The fourth-order valence-corrected chi connectivity index (χ4v) is 3.40. The number of carbonyl (C=O) groups excluding carboxylic acids is 1. The summed E-state index contributed by atoms with van der Waals surface area (Å²) in [6.45, 7) is 4.02. The van der Waals surface area contributed by atoms with Crippen LogP contribution in [0, 0.1) is 12.7 Å². The molecule has 0 fully saturated rings. The standard InChI is InChI=1S/C20H18FN3O/c1-12-16-5-3-4-6-19(16)24(20(12)25)11-15-8-7-14(9-18(15)21)17-10-22-23-13(17)2/h3-10,12H,11H2,1-2H3,(H,22,23). The summed E-state index contributed by atoms with van der Waals surface area (Å²) < 4.78 is 14.7. The number of carbonyl (C=O) groups is 1. The molecule has 2 aromatic carbocycles. The van der Waals surface area contributed by atoms with Gasteiger partial charge in [0.05, 0.1) is 18.7 Å². The third-order valence-corrected chi connectivity index (χ3v) is 4.85. The topological polar surface area (TPSA) is 49.0 Å². The molecule has 4 nitrogen and oxygen atoms in total. The maximum Gasteiger partial charge on any atom is 0.234 e. The van der Waals surface area contributed by atoms with Crippen LogP contribution in [0.3, 0.4) is 0 Å². The number of H-pyrrole nitrogens is 1. The summed E-state index contributed by atoms with van der Waals surface area (Å²) in [5.41, 5.74) is 4.91. The molecule has 1 aromatic heterocycles. The average Bonchev–Trinajstić information content (AvgIpc) is 3.14. The molecule has 1 N–H and O–H groups in total. The molecular weight excluding hydrogens is 317 g/mol. The molecule has 1 unspecified atom stereocenters. The maximum absolute atomic E-state index is 14.7. The summed E-state index contributed by atoms with van der Waals surface area (Å²) in [5.74, 6) is -0.495. The number of hydrogen-bond donors (Lipinski definition) is 1. The van der Waals surface area contributed by atoms with Crippen molar-refractivity contribution < 1.29 is 9.18 Å². The number of aromatic nitrogens is 2.